The van der Waals surface area contributed by atoms with Gasteiger partial charge in [0, 0.05) is 30.0 Å². The molecule has 3 aliphatic rings. The molecule has 0 bridgehead atoms. The van der Waals surface area contributed by atoms with Gasteiger partial charge in [-0.3, -0.25) is 9.59 Å². The number of rotatable bonds is 2. The molecule has 1 spiro atoms. The van der Waals surface area contributed by atoms with Crippen LogP contribution in [0.1, 0.15) is 39.2 Å². The van der Waals surface area contributed by atoms with E-state index in [0.717, 1.165) is 10.5 Å². The number of halogens is 1. The number of imide groups is 1. The highest BCUT2D eigenvalue weighted by atomic mass is 35.5. The number of hydrogen-bond acceptors (Lipinski definition) is 5. The highest BCUT2D eigenvalue weighted by molar-refractivity contribution is 6.30. The van der Waals surface area contributed by atoms with Crippen molar-refractivity contribution in [3.05, 3.63) is 28.8 Å². The van der Waals surface area contributed by atoms with E-state index in [4.69, 9.17) is 21.1 Å². The lowest BCUT2D eigenvalue weighted by atomic mass is 9.93. The van der Waals surface area contributed by atoms with Crippen molar-refractivity contribution in [1.82, 2.24) is 15.1 Å². The number of urea groups is 1. The van der Waals surface area contributed by atoms with Crippen LogP contribution in [-0.4, -0.2) is 64.6 Å². The minimum atomic E-state index is -1.03. The summed E-state index contributed by atoms with van der Waals surface area (Å²) in [5.74, 6) is -0.0254. The maximum absolute atomic E-state index is 13.5. The van der Waals surface area contributed by atoms with Crippen LogP contribution in [-0.2, 0) is 20.9 Å². The van der Waals surface area contributed by atoms with Crippen molar-refractivity contribution in [2.75, 3.05) is 19.8 Å². The average Bonchev–Trinajstić information content (AvgIpc) is 2.81. The topological polar surface area (TPSA) is 88.2 Å². The Bertz CT molecular complexity index is 897. The molecule has 1 unspecified atom stereocenters. The smallest absolute Gasteiger partial charge is 0.325 e. The van der Waals surface area contributed by atoms with E-state index in [0.29, 0.717) is 43.4 Å². The summed E-state index contributed by atoms with van der Waals surface area (Å²) < 4.78 is 11.9. The molecule has 0 aliphatic carbocycles. The van der Waals surface area contributed by atoms with Crippen molar-refractivity contribution in [2.24, 2.45) is 0 Å². The molecular weight excluding hydrogens is 410 g/mol. The first kappa shape index (κ1) is 20.9. The maximum Gasteiger partial charge on any atom is 0.325 e. The Labute approximate surface area is 180 Å². The van der Waals surface area contributed by atoms with Gasteiger partial charge in [0.25, 0.3) is 5.91 Å². The normalized spacial score (nSPS) is 23.5. The fourth-order valence-corrected chi connectivity index (χ4v) is 4.50. The lowest BCUT2D eigenvalue weighted by Gasteiger charge is -2.39. The van der Waals surface area contributed by atoms with Crippen LogP contribution in [0.25, 0.3) is 0 Å². The van der Waals surface area contributed by atoms with Gasteiger partial charge in [0.15, 0.2) is 0 Å². The lowest BCUT2D eigenvalue weighted by Crippen LogP contribution is -2.55. The zero-order valence-corrected chi connectivity index (χ0v) is 18.1. The van der Waals surface area contributed by atoms with Crippen LogP contribution in [0.5, 0.6) is 5.75 Å². The molecule has 2 saturated heterocycles. The monoisotopic (exact) mass is 435 g/mol. The van der Waals surface area contributed by atoms with Crippen molar-refractivity contribution in [2.45, 2.75) is 57.3 Å². The largest absolute Gasteiger partial charge is 0.485 e. The number of fused-ring (bicyclic) bond motifs is 1. The SMILES string of the molecule is CC(C(=O)N1Cc2cc(Cl)ccc2OC2(CCOCC2)C1)N1C(=O)NC(C)(C)C1=O. The van der Waals surface area contributed by atoms with E-state index in [1.165, 1.54) is 0 Å². The van der Waals surface area contributed by atoms with Crippen molar-refractivity contribution in [1.29, 1.82) is 0 Å². The second kappa shape index (κ2) is 7.42. The molecular formula is C21H26ClN3O5. The van der Waals surface area contributed by atoms with Crippen LogP contribution < -0.4 is 10.1 Å². The third-order valence-electron chi connectivity index (χ3n) is 6.04. The Morgan fingerprint density at radius 1 is 1.23 bits per heavy atom. The highest BCUT2D eigenvalue weighted by Crippen LogP contribution is 2.36. The first-order valence-electron chi connectivity index (χ1n) is 10.1. The van der Waals surface area contributed by atoms with Gasteiger partial charge in [-0.25, -0.2) is 9.69 Å². The Balaban J connectivity index is 1.65. The fourth-order valence-electron chi connectivity index (χ4n) is 4.31. The minimum Gasteiger partial charge on any atom is -0.485 e. The van der Waals surface area contributed by atoms with E-state index in [1.807, 2.05) is 6.07 Å². The quantitative estimate of drug-likeness (QED) is 0.720. The molecule has 0 aromatic heterocycles. The van der Waals surface area contributed by atoms with E-state index in [2.05, 4.69) is 5.32 Å². The maximum atomic E-state index is 13.5. The van der Waals surface area contributed by atoms with Gasteiger partial charge in [0.05, 0.1) is 19.8 Å². The molecule has 4 rings (SSSR count). The van der Waals surface area contributed by atoms with Crippen molar-refractivity contribution in [3.8, 4) is 5.75 Å². The summed E-state index contributed by atoms with van der Waals surface area (Å²) in [5.41, 5.74) is -0.817. The summed E-state index contributed by atoms with van der Waals surface area (Å²) in [6.45, 7) is 6.55. The zero-order valence-electron chi connectivity index (χ0n) is 17.4. The second-order valence-electron chi connectivity index (χ2n) is 8.75. The number of hydrogen-bond donors (Lipinski definition) is 1. The summed E-state index contributed by atoms with van der Waals surface area (Å²) in [5, 5.41) is 3.18. The molecule has 162 valence electrons. The summed E-state index contributed by atoms with van der Waals surface area (Å²) in [6.07, 6.45) is 1.28. The number of nitrogens with one attached hydrogen (secondary N) is 1. The molecule has 30 heavy (non-hydrogen) atoms. The van der Waals surface area contributed by atoms with E-state index >= 15 is 0 Å². The summed E-state index contributed by atoms with van der Waals surface area (Å²) in [4.78, 5) is 41.3. The van der Waals surface area contributed by atoms with Crippen molar-refractivity contribution >= 4 is 29.4 Å². The summed E-state index contributed by atoms with van der Waals surface area (Å²) >= 11 is 6.19. The third-order valence-corrected chi connectivity index (χ3v) is 6.28. The van der Waals surface area contributed by atoms with Crippen LogP contribution >= 0.6 is 11.6 Å². The molecule has 1 aromatic carbocycles. The van der Waals surface area contributed by atoms with Crippen molar-refractivity contribution < 1.29 is 23.9 Å². The predicted octanol–water partition coefficient (Wildman–Crippen LogP) is 2.33. The molecule has 0 saturated carbocycles. The molecule has 1 aromatic rings. The van der Waals surface area contributed by atoms with Crippen LogP contribution in [0.3, 0.4) is 0 Å². The molecule has 3 heterocycles. The summed E-state index contributed by atoms with van der Waals surface area (Å²) in [7, 11) is 0. The van der Waals surface area contributed by atoms with Crippen LogP contribution in [0.2, 0.25) is 5.02 Å². The van der Waals surface area contributed by atoms with Gasteiger partial charge in [-0.05, 0) is 39.0 Å². The average molecular weight is 436 g/mol. The number of carbonyl (C=O) groups is 3. The van der Waals surface area contributed by atoms with Gasteiger partial charge < -0.3 is 19.7 Å². The molecule has 1 atom stereocenters. The Hall–Kier alpha value is -2.32. The van der Waals surface area contributed by atoms with Gasteiger partial charge in [0.2, 0.25) is 5.91 Å². The van der Waals surface area contributed by atoms with Gasteiger partial charge in [0.1, 0.15) is 22.9 Å². The van der Waals surface area contributed by atoms with Gasteiger partial charge >= 0.3 is 6.03 Å². The van der Waals surface area contributed by atoms with Crippen LogP contribution in [0, 0.1) is 0 Å². The standard InChI is InChI=1S/C21H26ClN3O5/c1-13(25-18(27)20(2,3)23-19(25)28)17(26)24-11-14-10-15(22)4-5-16(14)30-21(12-24)6-8-29-9-7-21/h4-5,10,13H,6-9,11-12H2,1-3H3,(H,23,28). The Morgan fingerprint density at radius 3 is 2.57 bits per heavy atom. The number of carbonyl (C=O) groups excluding carboxylic acids is 3. The number of benzene rings is 1. The summed E-state index contributed by atoms with van der Waals surface area (Å²) in [6, 6.07) is 3.89. The Morgan fingerprint density at radius 2 is 1.93 bits per heavy atom. The molecule has 4 amide bonds. The lowest BCUT2D eigenvalue weighted by molar-refractivity contribution is -0.145. The first-order chi connectivity index (χ1) is 14.1. The van der Waals surface area contributed by atoms with Gasteiger partial charge in [-0.2, -0.15) is 0 Å². The van der Waals surface area contributed by atoms with E-state index < -0.39 is 29.1 Å². The van der Waals surface area contributed by atoms with Gasteiger partial charge in [-0.1, -0.05) is 11.6 Å². The molecule has 0 radical (unpaired) electrons. The molecule has 3 aliphatic heterocycles. The molecule has 2 fully saturated rings. The molecule has 9 heteroatoms. The second-order valence-corrected chi connectivity index (χ2v) is 9.19. The fraction of sp³-hybridized carbons (Fsp3) is 0.571. The highest BCUT2D eigenvalue weighted by Gasteiger charge is 2.49. The third kappa shape index (κ3) is 3.63. The zero-order chi connectivity index (χ0) is 21.7. The van der Waals surface area contributed by atoms with Crippen molar-refractivity contribution in [3.63, 3.8) is 0 Å². The Kier molecular flexibility index (Phi) is 5.18. The molecule has 8 nitrogen and oxygen atoms in total. The van der Waals surface area contributed by atoms with E-state index in [-0.39, 0.29) is 12.5 Å². The number of amides is 4. The number of ether oxygens (including phenoxy) is 2. The van der Waals surface area contributed by atoms with Crippen LogP contribution in [0.15, 0.2) is 18.2 Å². The minimum absolute atomic E-state index is 0.286. The first-order valence-corrected chi connectivity index (χ1v) is 10.5. The van der Waals surface area contributed by atoms with E-state index in [1.54, 1.807) is 37.8 Å². The predicted molar refractivity (Wildman–Crippen MR) is 109 cm³/mol. The number of nitrogens with zero attached hydrogens (tertiary/aromatic N) is 2. The van der Waals surface area contributed by atoms with Gasteiger partial charge in [-0.15, -0.1) is 0 Å². The van der Waals surface area contributed by atoms with Crippen LogP contribution in [0.4, 0.5) is 4.79 Å². The molecule has 1 N–H and O–H groups in total. The van der Waals surface area contributed by atoms with E-state index in [9.17, 15) is 14.4 Å².